The molecule has 26 heavy (non-hydrogen) atoms. The van der Waals surface area contributed by atoms with Crippen LogP contribution in [0.25, 0.3) is 17.0 Å². The van der Waals surface area contributed by atoms with Crippen molar-refractivity contribution in [1.82, 2.24) is 0 Å². The third-order valence-electron chi connectivity index (χ3n) is 4.47. The lowest BCUT2D eigenvalue weighted by Crippen LogP contribution is -2.28. The van der Waals surface area contributed by atoms with E-state index >= 15 is 0 Å². The number of hydrogen-bond donors (Lipinski definition) is 1. The van der Waals surface area contributed by atoms with Crippen LogP contribution < -0.4 is 15.1 Å². The van der Waals surface area contributed by atoms with Crippen molar-refractivity contribution in [3.05, 3.63) is 39.8 Å². The third-order valence-corrected chi connectivity index (χ3v) is 4.47. The van der Waals surface area contributed by atoms with Crippen LogP contribution in [-0.4, -0.2) is 23.4 Å². The first kappa shape index (κ1) is 18.5. The highest BCUT2D eigenvalue weighted by Crippen LogP contribution is 2.44. The quantitative estimate of drug-likeness (QED) is 0.788. The van der Waals surface area contributed by atoms with Crippen LogP contribution >= 0.6 is 0 Å². The van der Waals surface area contributed by atoms with Gasteiger partial charge in [0.2, 0.25) is 0 Å². The highest BCUT2D eigenvalue weighted by molar-refractivity contribution is 5.94. The van der Waals surface area contributed by atoms with E-state index in [4.69, 9.17) is 19.0 Å². The summed E-state index contributed by atoms with van der Waals surface area (Å²) in [5, 5.41) is 9.98. The highest BCUT2D eigenvalue weighted by Gasteiger charge is 2.28. The van der Waals surface area contributed by atoms with Gasteiger partial charge < -0.3 is 19.0 Å². The predicted molar refractivity (Wildman–Crippen MR) is 102 cm³/mol. The SMILES string of the molecule is CCCc1cc(=O)oc2cc(OC(C)CCO)c3c(c12)OC(C)(C)C=C3. The van der Waals surface area contributed by atoms with Gasteiger partial charge in [-0.15, -0.1) is 0 Å². The molecule has 5 nitrogen and oxygen atoms in total. The van der Waals surface area contributed by atoms with Gasteiger partial charge in [-0.25, -0.2) is 4.79 Å². The summed E-state index contributed by atoms with van der Waals surface area (Å²) in [6.45, 7) is 7.99. The summed E-state index contributed by atoms with van der Waals surface area (Å²) in [6.07, 6.45) is 6.02. The van der Waals surface area contributed by atoms with E-state index in [1.54, 1.807) is 12.1 Å². The minimum Gasteiger partial charge on any atom is -0.490 e. The van der Waals surface area contributed by atoms with Crippen molar-refractivity contribution in [2.45, 2.75) is 58.7 Å². The molecule has 1 aliphatic rings. The monoisotopic (exact) mass is 358 g/mol. The summed E-state index contributed by atoms with van der Waals surface area (Å²) in [4.78, 5) is 12.0. The zero-order valence-corrected chi connectivity index (χ0v) is 15.8. The molecular formula is C21H26O5. The first-order valence-corrected chi connectivity index (χ1v) is 9.14. The standard InChI is InChI=1S/C21H26O5/c1-5-6-14-11-18(23)25-17-12-16(24-13(2)8-10-22)15-7-9-21(3,4)26-20(15)19(14)17/h7,9,11-13,22H,5-6,8,10H2,1-4H3. The molecule has 0 aliphatic carbocycles. The number of hydrogen-bond acceptors (Lipinski definition) is 5. The molecule has 2 aromatic rings. The lowest BCUT2D eigenvalue weighted by Gasteiger charge is -2.30. The van der Waals surface area contributed by atoms with Crippen molar-refractivity contribution in [1.29, 1.82) is 0 Å². The average molecular weight is 358 g/mol. The topological polar surface area (TPSA) is 68.9 Å². The van der Waals surface area contributed by atoms with E-state index in [0.717, 1.165) is 29.4 Å². The molecule has 0 amide bonds. The van der Waals surface area contributed by atoms with E-state index in [0.29, 0.717) is 23.5 Å². The van der Waals surface area contributed by atoms with Crippen LogP contribution in [0.4, 0.5) is 0 Å². The second kappa shape index (κ2) is 7.16. The van der Waals surface area contributed by atoms with Crippen LogP contribution in [0.3, 0.4) is 0 Å². The molecule has 0 saturated carbocycles. The van der Waals surface area contributed by atoms with E-state index in [1.165, 1.54) is 0 Å². The Labute approximate surface area is 153 Å². The minimum absolute atomic E-state index is 0.0477. The minimum atomic E-state index is -0.463. The first-order valence-electron chi connectivity index (χ1n) is 9.14. The molecule has 2 heterocycles. The third kappa shape index (κ3) is 3.63. The maximum atomic E-state index is 12.0. The molecule has 5 heteroatoms. The summed E-state index contributed by atoms with van der Waals surface area (Å²) in [6, 6.07) is 3.31. The van der Waals surface area contributed by atoms with Gasteiger partial charge in [-0.1, -0.05) is 13.3 Å². The largest absolute Gasteiger partial charge is 0.490 e. The Hall–Kier alpha value is -2.27. The molecule has 0 fully saturated rings. The number of fused-ring (bicyclic) bond motifs is 3. The lowest BCUT2D eigenvalue weighted by molar-refractivity contribution is 0.154. The van der Waals surface area contributed by atoms with Gasteiger partial charge in [-0.05, 0) is 44.9 Å². The second-order valence-corrected chi connectivity index (χ2v) is 7.31. The normalized spacial score (nSPS) is 16.2. The number of benzene rings is 1. The van der Waals surface area contributed by atoms with Gasteiger partial charge in [0.05, 0.1) is 17.1 Å². The summed E-state index contributed by atoms with van der Waals surface area (Å²) in [7, 11) is 0. The maximum Gasteiger partial charge on any atom is 0.336 e. The average Bonchev–Trinajstić information content (AvgIpc) is 2.53. The van der Waals surface area contributed by atoms with Gasteiger partial charge in [0.1, 0.15) is 22.7 Å². The highest BCUT2D eigenvalue weighted by atomic mass is 16.5. The molecule has 0 saturated heterocycles. The molecular weight excluding hydrogens is 332 g/mol. The molecule has 0 radical (unpaired) electrons. The van der Waals surface area contributed by atoms with Crippen LogP contribution in [0.1, 0.15) is 51.7 Å². The molecule has 140 valence electrons. The van der Waals surface area contributed by atoms with Crippen LogP contribution in [-0.2, 0) is 6.42 Å². The van der Waals surface area contributed by atoms with Crippen LogP contribution in [0, 0.1) is 0 Å². The van der Waals surface area contributed by atoms with Gasteiger partial charge in [0.15, 0.2) is 0 Å². The maximum absolute atomic E-state index is 12.0. The molecule has 1 atom stereocenters. The zero-order valence-electron chi connectivity index (χ0n) is 15.8. The fourth-order valence-electron chi connectivity index (χ4n) is 3.23. The summed E-state index contributed by atoms with van der Waals surface area (Å²) in [5.74, 6) is 1.28. The van der Waals surface area contributed by atoms with E-state index in [9.17, 15) is 4.79 Å². The first-order chi connectivity index (χ1) is 12.3. The van der Waals surface area contributed by atoms with Crippen LogP contribution in [0.2, 0.25) is 0 Å². The second-order valence-electron chi connectivity index (χ2n) is 7.31. The Morgan fingerprint density at radius 2 is 2.08 bits per heavy atom. The van der Waals surface area contributed by atoms with E-state index in [1.807, 2.05) is 32.9 Å². The van der Waals surface area contributed by atoms with Crippen LogP contribution in [0.15, 0.2) is 27.4 Å². The Morgan fingerprint density at radius 3 is 2.77 bits per heavy atom. The van der Waals surface area contributed by atoms with Crippen molar-refractivity contribution < 1.29 is 19.0 Å². The summed E-state index contributed by atoms with van der Waals surface area (Å²) in [5.41, 5.74) is 1.40. The van der Waals surface area contributed by atoms with Gasteiger partial charge in [-0.2, -0.15) is 0 Å². The van der Waals surface area contributed by atoms with E-state index in [2.05, 4.69) is 6.92 Å². The fourth-order valence-corrected chi connectivity index (χ4v) is 3.23. The Morgan fingerprint density at radius 1 is 1.31 bits per heavy atom. The van der Waals surface area contributed by atoms with Crippen molar-refractivity contribution >= 4 is 17.0 Å². The predicted octanol–water partition coefficient (Wildman–Crippen LogP) is 4.08. The smallest absolute Gasteiger partial charge is 0.336 e. The number of aliphatic hydroxyl groups excluding tert-OH is 1. The molecule has 0 spiro atoms. The molecule has 1 aromatic carbocycles. The molecule has 1 aliphatic heterocycles. The molecule has 0 bridgehead atoms. The molecule has 1 N–H and O–H groups in total. The summed E-state index contributed by atoms with van der Waals surface area (Å²) < 4.78 is 17.8. The Bertz CT molecular complexity index is 891. The Balaban J connectivity index is 2.26. The summed E-state index contributed by atoms with van der Waals surface area (Å²) >= 11 is 0. The number of aryl methyl sites for hydroxylation is 1. The lowest BCUT2D eigenvalue weighted by atomic mass is 9.96. The molecule has 1 aromatic heterocycles. The molecule has 1 unspecified atom stereocenters. The van der Waals surface area contributed by atoms with Crippen LogP contribution in [0.5, 0.6) is 11.5 Å². The molecule has 3 rings (SSSR count). The van der Waals surface area contributed by atoms with Gasteiger partial charge >= 0.3 is 5.63 Å². The van der Waals surface area contributed by atoms with Crippen molar-refractivity contribution in [2.24, 2.45) is 0 Å². The van der Waals surface area contributed by atoms with E-state index in [-0.39, 0.29) is 18.3 Å². The van der Waals surface area contributed by atoms with Gasteiger partial charge in [-0.3, -0.25) is 0 Å². The number of rotatable bonds is 6. The van der Waals surface area contributed by atoms with Crippen molar-refractivity contribution in [3.63, 3.8) is 0 Å². The van der Waals surface area contributed by atoms with Gasteiger partial charge in [0, 0.05) is 25.2 Å². The van der Waals surface area contributed by atoms with E-state index < -0.39 is 5.60 Å². The number of aliphatic hydroxyl groups is 1. The fraction of sp³-hybridized carbons (Fsp3) is 0.476. The number of ether oxygens (including phenoxy) is 2. The van der Waals surface area contributed by atoms with Crippen molar-refractivity contribution in [3.8, 4) is 11.5 Å². The Kier molecular flexibility index (Phi) is 5.10. The van der Waals surface area contributed by atoms with Crippen molar-refractivity contribution in [2.75, 3.05) is 6.61 Å². The zero-order chi connectivity index (χ0) is 18.9. The van der Waals surface area contributed by atoms with Gasteiger partial charge in [0.25, 0.3) is 0 Å².